The van der Waals surface area contributed by atoms with Crippen molar-refractivity contribution in [2.24, 2.45) is 5.92 Å². The van der Waals surface area contributed by atoms with Crippen LogP contribution in [0.15, 0.2) is 18.2 Å². The summed E-state index contributed by atoms with van der Waals surface area (Å²) in [5, 5.41) is 3.56. The van der Waals surface area contributed by atoms with E-state index >= 15 is 0 Å². The van der Waals surface area contributed by atoms with Crippen LogP contribution >= 0.6 is 0 Å². The molecule has 0 saturated heterocycles. The Morgan fingerprint density at radius 1 is 1.28 bits per heavy atom. The molecule has 2 rings (SSSR count). The van der Waals surface area contributed by atoms with E-state index in [1.807, 2.05) is 18.2 Å². The van der Waals surface area contributed by atoms with E-state index < -0.39 is 0 Å². The topological polar surface area (TPSA) is 30.5 Å². The molecule has 1 aromatic carbocycles. The molecule has 0 spiro atoms. The summed E-state index contributed by atoms with van der Waals surface area (Å²) in [5.74, 6) is 2.76. The number of benzene rings is 1. The van der Waals surface area contributed by atoms with E-state index in [1.54, 1.807) is 14.2 Å². The minimum Gasteiger partial charge on any atom is -0.497 e. The van der Waals surface area contributed by atoms with Gasteiger partial charge in [-0.3, -0.25) is 0 Å². The fraction of sp³-hybridized carbons (Fsp3) is 0.600. The van der Waals surface area contributed by atoms with E-state index in [0.717, 1.165) is 29.5 Å². The Labute approximate surface area is 109 Å². The highest BCUT2D eigenvalue weighted by Gasteiger charge is 2.21. The van der Waals surface area contributed by atoms with E-state index in [9.17, 15) is 0 Å². The Bertz CT molecular complexity index is 388. The molecular weight excluding hydrogens is 226 g/mol. The van der Waals surface area contributed by atoms with Crippen molar-refractivity contribution in [3.8, 4) is 11.5 Å². The van der Waals surface area contributed by atoms with Gasteiger partial charge in [0, 0.05) is 11.6 Å². The third-order valence-corrected chi connectivity index (χ3v) is 3.60. The van der Waals surface area contributed by atoms with Crippen molar-refractivity contribution in [2.45, 2.75) is 32.2 Å². The van der Waals surface area contributed by atoms with Crippen molar-refractivity contribution in [3.05, 3.63) is 23.8 Å². The van der Waals surface area contributed by atoms with Gasteiger partial charge in [0.1, 0.15) is 11.5 Å². The first-order chi connectivity index (χ1) is 8.74. The van der Waals surface area contributed by atoms with Gasteiger partial charge in [0.2, 0.25) is 0 Å². The molecule has 1 saturated carbocycles. The van der Waals surface area contributed by atoms with E-state index in [1.165, 1.54) is 19.3 Å². The van der Waals surface area contributed by atoms with Gasteiger partial charge in [-0.2, -0.15) is 0 Å². The van der Waals surface area contributed by atoms with Crippen LogP contribution in [0, 0.1) is 5.92 Å². The fourth-order valence-corrected chi connectivity index (χ4v) is 2.20. The summed E-state index contributed by atoms with van der Waals surface area (Å²) in [5.41, 5.74) is 1.16. The quantitative estimate of drug-likeness (QED) is 0.805. The van der Waals surface area contributed by atoms with Crippen LogP contribution in [0.3, 0.4) is 0 Å². The minimum atomic E-state index is 0.286. The van der Waals surface area contributed by atoms with Gasteiger partial charge in [0.15, 0.2) is 0 Å². The molecule has 1 unspecified atom stereocenters. The Hall–Kier alpha value is -1.22. The van der Waals surface area contributed by atoms with Crippen molar-refractivity contribution in [1.82, 2.24) is 5.32 Å². The summed E-state index contributed by atoms with van der Waals surface area (Å²) in [6.45, 7) is 3.25. The minimum absolute atomic E-state index is 0.286. The predicted octanol–water partition coefficient (Wildman–Crippen LogP) is 3.15. The maximum atomic E-state index is 5.41. The molecule has 100 valence electrons. The van der Waals surface area contributed by atoms with Gasteiger partial charge in [-0.05, 0) is 44.0 Å². The van der Waals surface area contributed by atoms with Gasteiger partial charge in [-0.25, -0.2) is 0 Å². The Morgan fingerprint density at radius 3 is 2.67 bits per heavy atom. The summed E-state index contributed by atoms with van der Waals surface area (Å²) in [6, 6.07) is 6.23. The zero-order chi connectivity index (χ0) is 13.0. The largest absolute Gasteiger partial charge is 0.497 e. The van der Waals surface area contributed by atoms with Gasteiger partial charge in [-0.15, -0.1) is 0 Å². The molecule has 1 aromatic rings. The number of rotatable bonds is 7. The number of hydrogen-bond acceptors (Lipinski definition) is 3. The van der Waals surface area contributed by atoms with Crippen LogP contribution in [0.25, 0.3) is 0 Å². The average molecular weight is 249 g/mol. The van der Waals surface area contributed by atoms with Crippen LogP contribution in [0.2, 0.25) is 0 Å². The van der Waals surface area contributed by atoms with E-state index in [2.05, 4.69) is 12.2 Å². The van der Waals surface area contributed by atoms with Crippen molar-refractivity contribution >= 4 is 0 Å². The highest BCUT2D eigenvalue weighted by Crippen LogP contribution is 2.33. The Balaban J connectivity index is 1.98. The maximum absolute atomic E-state index is 5.41. The molecule has 0 heterocycles. The first-order valence-corrected chi connectivity index (χ1v) is 6.70. The lowest BCUT2D eigenvalue weighted by Crippen LogP contribution is -2.20. The van der Waals surface area contributed by atoms with E-state index in [-0.39, 0.29) is 6.04 Å². The SMILES string of the molecule is COc1ccc(OC)c(C(C)NCCC2CC2)c1. The van der Waals surface area contributed by atoms with Gasteiger partial charge in [0.05, 0.1) is 14.2 Å². The third kappa shape index (κ3) is 3.39. The maximum Gasteiger partial charge on any atom is 0.123 e. The standard InChI is InChI=1S/C15H23NO2/c1-11(16-9-8-12-4-5-12)14-10-13(17-2)6-7-15(14)18-3/h6-7,10-12,16H,4-5,8-9H2,1-3H3. The zero-order valence-corrected chi connectivity index (χ0v) is 11.5. The molecule has 1 N–H and O–H groups in total. The van der Waals surface area contributed by atoms with Crippen molar-refractivity contribution in [1.29, 1.82) is 0 Å². The van der Waals surface area contributed by atoms with Gasteiger partial charge < -0.3 is 14.8 Å². The monoisotopic (exact) mass is 249 g/mol. The van der Waals surface area contributed by atoms with Crippen LogP contribution in [0.1, 0.15) is 37.8 Å². The predicted molar refractivity (Wildman–Crippen MR) is 73.3 cm³/mol. The Kier molecular flexibility index (Phi) is 4.48. The highest BCUT2D eigenvalue weighted by atomic mass is 16.5. The molecule has 3 heteroatoms. The van der Waals surface area contributed by atoms with Gasteiger partial charge >= 0.3 is 0 Å². The molecule has 0 amide bonds. The lowest BCUT2D eigenvalue weighted by atomic mass is 10.1. The molecule has 1 atom stereocenters. The van der Waals surface area contributed by atoms with Crippen LogP contribution in [-0.4, -0.2) is 20.8 Å². The molecule has 0 aromatic heterocycles. The Morgan fingerprint density at radius 2 is 2.06 bits per heavy atom. The summed E-state index contributed by atoms with van der Waals surface area (Å²) >= 11 is 0. The lowest BCUT2D eigenvalue weighted by molar-refractivity contribution is 0.391. The fourth-order valence-electron chi connectivity index (χ4n) is 2.20. The van der Waals surface area contributed by atoms with Crippen molar-refractivity contribution in [2.75, 3.05) is 20.8 Å². The van der Waals surface area contributed by atoms with Gasteiger partial charge in [0.25, 0.3) is 0 Å². The smallest absolute Gasteiger partial charge is 0.123 e. The first kappa shape index (κ1) is 13.2. The third-order valence-electron chi connectivity index (χ3n) is 3.60. The first-order valence-electron chi connectivity index (χ1n) is 6.70. The molecule has 1 aliphatic carbocycles. The van der Waals surface area contributed by atoms with Crippen LogP contribution in [0.4, 0.5) is 0 Å². The summed E-state index contributed by atoms with van der Waals surface area (Å²) in [4.78, 5) is 0. The van der Waals surface area contributed by atoms with Crippen molar-refractivity contribution < 1.29 is 9.47 Å². The molecule has 3 nitrogen and oxygen atoms in total. The molecule has 0 radical (unpaired) electrons. The summed E-state index contributed by atoms with van der Waals surface area (Å²) in [7, 11) is 3.40. The van der Waals surface area contributed by atoms with Crippen molar-refractivity contribution in [3.63, 3.8) is 0 Å². The van der Waals surface area contributed by atoms with Crippen LogP contribution in [0.5, 0.6) is 11.5 Å². The van der Waals surface area contributed by atoms with E-state index in [0.29, 0.717) is 0 Å². The number of ether oxygens (including phenoxy) is 2. The lowest BCUT2D eigenvalue weighted by Gasteiger charge is -2.18. The van der Waals surface area contributed by atoms with Crippen LogP contribution in [-0.2, 0) is 0 Å². The molecular formula is C15H23NO2. The second-order valence-electron chi connectivity index (χ2n) is 5.02. The second kappa shape index (κ2) is 6.10. The molecule has 18 heavy (non-hydrogen) atoms. The average Bonchev–Trinajstić information content (AvgIpc) is 3.22. The molecule has 1 aliphatic rings. The zero-order valence-electron chi connectivity index (χ0n) is 11.5. The molecule has 0 aliphatic heterocycles. The summed E-state index contributed by atoms with van der Waals surface area (Å²) in [6.07, 6.45) is 4.12. The van der Waals surface area contributed by atoms with Gasteiger partial charge in [-0.1, -0.05) is 12.8 Å². The molecule has 0 bridgehead atoms. The molecule has 1 fully saturated rings. The van der Waals surface area contributed by atoms with E-state index in [4.69, 9.17) is 9.47 Å². The highest BCUT2D eigenvalue weighted by molar-refractivity contribution is 5.42. The number of nitrogens with one attached hydrogen (secondary N) is 1. The van der Waals surface area contributed by atoms with Crippen LogP contribution < -0.4 is 14.8 Å². The second-order valence-corrected chi connectivity index (χ2v) is 5.02. The summed E-state index contributed by atoms with van der Waals surface area (Å²) < 4.78 is 10.7. The number of methoxy groups -OCH3 is 2. The number of hydrogen-bond donors (Lipinski definition) is 1. The normalized spacial score (nSPS) is 16.4.